The Bertz CT molecular complexity index is 633. The van der Waals surface area contributed by atoms with Crippen LogP contribution in [0.2, 0.25) is 0 Å². The lowest BCUT2D eigenvalue weighted by Crippen LogP contribution is -2.07. The first-order valence-electron chi connectivity index (χ1n) is 6.11. The summed E-state index contributed by atoms with van der Waals surface area (Å²) in [6.45, 7) is 3.34. The topological polar surface area (TPSA) is 99.1 Å². The highest BCUT2D eigenvalue weighted by molar-refractivity contribution is 5.82. The van der Waals surface area contributed by atoms with Gasteiger partial charge in [-0.2, -0.15) is 4.98 Å². The highest BCUT2D eigenvalue weighted by Gasteiger charge is 2.22. The average molecular weight is 275 g/mol. The summed E-state index contributed by atoms with van der Waals surface area (Å²) < 4.78 is 5.10. The fourth-order valence-corrected chi connectivity index (χ4v) is 1.86. The number of ketones is 1. The number of aromatic nitrogens is 2. The van der Waals surface area contributed by atoms with E-state index in [0.29, 0.717) is 17.8 Å². The number of non-ortho nitro benzene ring substituents is 1. The molecule has 0 fully saturated rings. The van der Waals surface area contributed by atoms with Crippen LogP contribution in [0.3, 0.4) is 0 Å². The summed E-state index contributed by atoms with van der Waals surface area (Å²) in [7, 11) is 0. The molecule has 0 aliphatic heterocycles. The van der Waals surface area contributed by atoms with Crippen LogP contribution in [-0.2, 0) is 4.79 Å². The normalized spacial score (nSPS) is 12.1. The maximum Gasteiger partial charge on any atom is 0.269 e. The Balaban J connectivity index is 2.28. The predicted octanol–water partition coefficient (Wildman–Crippen LogP) is 2.73. The lowest BCUT2D eigenvalue weighted by Gasteiger charge is -2.03. The Morgan fingerprint density at radius 2 is 2.05 bits per heavy atom. The first kappa shape index (κ1) is 13.9. The van der Waals surface area contributed by atoms with Gasteiger partial charge in [0, 0.05) is 17.7 Å². The molecule has 1 heterocycles. The van der Waals surface area contributed by atoms with E-state index in [0.717, 1.165) is 0 Å². The molecule has 0 aliphatic rings. The van der Waals surface area contributed by atoms with E-state index in [1.165, 1.54) is 19.1 Å². The van der Waals surface area contributed by atoms with Crippen molar-refractivity contribution in [1.29, 1.82) is 0 Å². The van der Waals surface area contributed by atoms with Crippen molar-refractivity contribution in [3.63, 3.8) is 0 Å². The van der Waals surface area contributed by atoms with Gasteiger partial charge in [0.15, 0.2) is 0 Å². The summed E-state index contributed by atoms with van der Waals surface area (Å²) in [5.41, 5.74) is 0.594. The molecule has 0 amide bonds. The van der Waals surface area contributed by atoms with Crippen molar-refractivity contribution < 1.29 is 14.2 Å². The molecule has 0 aliphatic carbocycles. The van der Waals surface area contributed by atoms with Crippen molar-refractivity contribution in [2.24, 2.45) is 0 Å². The molecule has 1 aromatic carbocycles. The standard InChI is InChI=1S/C13H13N3O4/c1-3-11(8(2)17)13-14-12(15-20-13)9-4-6-10(7-5-9)16(18)19/h4-7,11H,3H2,1-2H3. The van der Waals surface area contributed by atoms with Crippen molar-refractivity contribution in [3.8, 4) is 11.4 Å². The number of carbonyl (C=O) groups excluding carboxylic acids is 1. The number of nitro benzene ring substituents is 1. The Kier molecular flexibility index (Phi) is 3.88. The summed E-state index contributed by atoms with van der Waals surface area (Å²) in [5, 5.41) is 14.4. The number of hydrogen-bond donors (Lipinski definition) is 0. The van der Waals surface area contributed by atoms with E-state index in [4.69, 9.17) is 4.52 Å². The lowest BCUT2D eigenvalue weighted by atomic mass is 10.0. The smallest absolute Gasteiger partial charge is 0.269 e. The molecule has 7 heteroatoms. The van der Waals surface area contributed by atoms with Gasteiger partial charge in [-0.05, 0) is 25.5 Å². The van der Waals surface area contributed by atoms with Crippen molar-refractivity contribution in [1.82, 2.24) is 10.1 Å². The van der Waals surface area contributed by atoms with E-state index < -0.39 is 10.8 Å². The molecule has 0 bridgehead atoms. The second kappa shape index (κ2) is 5.60. The molecular weight excluding hydrogens is 262 g/mol. The van der Waals surface area contributed by atoms with Gasteiger partial charge in [-0.3, -0.25) is 14.9 Å². The fourth-order valence-electron chi connectivity index (χ4n) is 1.86. The Hall–Kier alpha value is -2.57. The Morgan fingerprint density at radius 3 is 2.55 bits per heavy atom. The zero-order chi connectivity index (χ0) is 14.7. The maximum absolute atomic E-state index is 11.4. The SMILES string of the molecule is CCC(C(C)=O)c1nc(-c2ccc([N+](=O)[O-])cc2)no1. The summed E-state index contributed by atoms with van der Waals surface area (Å²) in [4.78, 5) is 25.7. The third kappa shape index (κ3) is 2.71. The Morgan fingerprint density at radius 1 is 1.40 bits per heavy atom. The fraction of sp³-hybridized carbons (Fsp3) is 0.308. The number of nitrogens with zero attached hydrogens (tertiary/aromatic N) is 3. The van der Waals surface area contributed by atoms with Crippen LogP contribution in [0.25, 0.3) is 11.4 Å². The van der Waals surface area contributed by atoms with Crippen molar-refractivity contribution in [2.45, 2.75) is 26.2 Å². The lowest BCUT2D eigenvalue weighted by molar-refractivity contribution is -0.384. The number of benzene rings is 1. The second-order valence-electron chi connectivity index (χ2n) is 4.33. The highest BCUT2D eigenvalue weighted by Crippen LogP contribution is 2.24. The molecule has 0 saturated heterocycles. The summed E-state index contributed by atoms with van der Waals surface area (Å²) in [6, 6.07) is 5.82. The molecule has 1 unspecified atom stereocenters. The zero-order valence-corrected chi connectivity index (χ0v) is 11.1. The molecule has 104 valence electrons. The molecule has 0 radical (unpaired) electrons. The van der Waals surface area contributed by atoms with Gasteiger partial charge in [-0.1, -0.05) is 12.1 Å². The highest BCUT2D eigenvalue weighted by atomic mass is 16.6. The third-order valence-electron chi connectivity index (χ3n) is 2.98. The first-order chi connectivity index (χ1) is 9.52. The van der Waals surface area contributed by atoms with Crippen LogP contribution in [0.15, 0.2) is 28.8 Å². The summed E-state index contributed by atoms with van der Waals surface area (Å²) >= 11 is 0. The van der Waals surface area contributed by atoms with Crippen molar-refractivity contribution >= 4 is 11.5 Å². The molecule has 0 N–H and O–H groups in total. The van der Waals surface area contributed by atoms with Crippen LogP contribution in [0.4, 0.5) is 5.69 Å². The van der Waals surface area contributed by atoms with Gasteiger partial charge in [-0.25, -0.2) is 0 Å². The minimum absolute atomic E-state index is 0.00682. The number of Topliss-reactive ketones (excluding diaryl/α,β-unsaturated/α-hetero) is 1. The van der Waals surface area contributed by atoms with Gasteiger partial charge in [-0.15, -0.1) is 0 Å². The Labute approximate surface area is 114 Å². The molecule has 2 aromatic rings. The number of hydrogen-bond acceptors (Lipinski definition) is 6. The monoisotopic (exact) mass is 275 g/mol. The van der Waals surface area contributed by atoms with Crippen molar-refractivity contribution in [3.05, 3.63) is 40.3 Å². The maximum atomic E-state index is 11.4. The van der Waals surface area contributed by atoms with Crippen LogP contribution < -0.4 is 0 Å². The van der Waals surface area contributed by atoms with Crippen LogP contribution in [-0.4, -0.2) is 20.8 Å². The number of nitro groups is 1. The van der Waals surface area contributed by atoms with Gasteiger partial charge in [0.2, 0.25) is 11.7 Å². The van der Waals surface area contributed by atoms with Gasteiger partial charge in [0.25, 0.3) is 5.69 Å². The second-order valence-corrected chi connectivity index (χ2v) is 4.33. The van der Waals surface area contributed by atoms with Crippen LogP contribution in [0, 0.1) is 10.1 Å². The minimum atomic E-state index is -0.478. The zero-order valence-electron chi connectivity index (χ0n) is 11.1. The number of rotatable bonds is 5. The van der Waals surface area contributed by atoms with Crippen molar-refractivity contribution in [2.75, 3.05) is 0 Å². The molecule has 1 atom stereocenters. The first-order valence-corrected chi connectivity index (χ1v) is 6.11. The summed E-state index contributed by atoms with van der Waals surface area (Å²) in [5.74, 6) is 0.142. The van der Waals surface area contributed by atoms with Crippen LogP contribution in [0.1, 0.15) is 32.1 Å². The van der Waals surface area contributed by atoms with E-state index in [9.17, 15) is 14.9 Å². The van der Waals surface area contributed by atoms with E-state index in [2.05, 4.69) is 10.1 Å². The largest absolute Gasteiger partial charge is 0.338 e. The van der Waals surface area contributed by atoms with E-state index in [1.54, 1.807) is 12.1 Å². The number of carbonyl (C=O) groups is 1. The van der Waals surface area contributed by atoms with E-state index >= 15 is 0 Å². The average Bonchev–Trinajstić information content (AvgIpc) is 2.88. The van der Waals surface area contributed by atoms with Crippen LogP contribution >= 0.6 is 0 Å². The van der Waals surface area contributed by atoms with E-state index in [-0.39, 0.29) is 17.4 Å². The summed E-state index contributed by atoms with van der Waals surface area (Å²) in [6.07, 6.45) is 0.581. The molecule has 2 rings (SSSR count). The van der Waals surface area contributed by atoms with Gasteiger partial charge in [0.05, 0.1) is 10.8 Å². The molecule has 0 spiro atoms. The third-order valence-corrected chi connectivity index (χ3v) is 2.98. The van der Waals surface area contributed by atoms with Crippen LogP contribution in [0.5, 0.6) is 0 Å². The molecule has 1 aromatic heterocycles. The van der Waals surface area contributed by atoms with Gasteiger partial charge in [0.1, 0.15) is 5.78 Å². The molecular formula is C13H13N3O4. The molecule has 7 nitrogen and oxygen atoms in total. The quantitative estimate of drug-likeness (QED) is 0.614. The van der Waals surface area contributed by atoms with Gasteiger partial charge >= 0.3 is 0 Å². The molecule has 20 heavy (non-hydrogen) atoms. The molecule has 0 saturated carbocycles. The van der Waals surface area contributed by atoms with Gasteiger partial charge < -0.3 is 4.52 Å². The predicted molar refractivity (Wildman–Crippen MR) is 70.1 cm³/mol. The minimum Gasteiger partial charge on any atom is -0.338 e. The van der Waals surface area contributed by atoms with E-state index in [1.807, 2.05) is 6.92 Å².